The number of rotatable bonds is 7. The van der Waals surface area contributed by atoms with Gasteiger partial charge in [0.15, 0.2) is 5.82 Å². The summed E-state index contributed by atoms with van der Waals surface area (Å²) in [7, 11) is -3.19. The smallest absolute Gasteiger partial charge is 0.315 e. The molecule has 39 heavy (non-hydrogen) atoms. The molecule has 2 aliphatic rings. The third-order valence-corrected chi connectivity index (χ3v) is 8.13. The molecule has 2 aliphatic heterocycles. The van der Waals surface area contributed by atoms with Gasteiger partial charge in [-0.2, -0.15) is 13.1 Å². The number of halogens is 2. The van der Waals surface area contributed by atoms with Gasteiger partial charge in [0.2, 0.25) is 10.0 Å². The molecule has 0 bridgehead atoms. The van der Waals surface area contributed by atoms with Gasteiger partial charge in [-0.3, -0.25) is 9.78 Å². The molecule has 0 spiro atoms. The number of aromatic nitrogens is 3. The van der Waals surface area contributed by atoms with E-state index in [2.05, 4.69) is 20.2 Å². The van der Waals surface area contributed by atoms with Crippen LogP contribution >= 0.6 is 0 Å². The number of ether oxygens (including phenoxy) is 1. The van der Waals surface area contributed by atoms with Crippen molar-refractivity contribution in [3.05, 3.63) is 42.7 Å². The fraction of sp³-hybridized carbons (Fsp3) is 0.440. The average molecular weight is 562 g/mol. The van der Waals surface area contributed by atoms with Crippen molar-refractivity contribution in [1.82, 2.24) is 24.2 Å². The molecule has 0 radical (unpaired) electrons. The highest BCUT2D eigenvalue weighted by molar-refractivity contribution is 7.88. The molecule has 1 amide bonds. The molecule has 208 valence electrons. The van der Waals surface area contributed by atoms with Crippen molar-refractivity contribution < 1.29 is 26.7 Å². The molecule has 5 rings (SSSR count). The first kappa shape index (κ1) is 27.1. The largest absolute Gasteiger partial charge is 0.373 e. The highest BCUT2D eigenvalue weighted by Gasteiger charge is 2.29. The normalized spacial score (nSPS) is 19.0. The summed E-state index contributed by atoms with van der Waals surface area (Å²) in [4.78, 5) is 28.6. The van der Waals surface area contributed by atoms with Crippen molar-refractivity contribution in [2.75, 3.05) is 68.9 Å². The number of amides is 1. The van der Waals surface area contributed by atoms with E-state index in [1.165, 1.54) is 10.6 Å². The molecule has 2 aromatic heterocycles. The van der Waals surface area contributed by atoms with E-state index in [-0.39, 0.29) is 26.2 Å². The van der Waals surface area contributed by atoms with E-state index in [0.717, 1.165) is 16.2 Å². The number of pyridine rings is 1. The molecule has 0 saturated carbocycles. The molecule has 0 aliphatic carbocycles. The van der Waals surface area contributed by atoms with Crippen LogP contribution in [0.3, 0.4) is 0 Å². The number of benzene rings is 1. The minimum atomic E-state index is -3.19. The lowest BCUT2D eigenvalue weighted by Gasteiger charge is -2.34. The Labute approximate surface area is 224 Å². The van der Waals surface area contributed by atoms with Gasteiger partial charge >= 0.3 is 6.43 Å². The van der Waals surface area contributed by atoms with Gasteiger partial charge in [0.1, 0.15) is 5.52 Å². The molecule has 2 saturated heterocycles. The first-order valence-corrected chi connectivity index (χ1v) is 14.4. The third-order valence-electron chi connectivity index (χ3n) is 6.83. The number of sulfonamides is 1. The molecule has 1 N–H and O–H groups in total. The Balaban J connectivity index is 1.31. The molecule has 14 heteroatoms. The predicted octanol–water partition coefficient (Wildman–Crippen LogP) is 1.68. The van der Waals surface area contributed by atoms with E-state index in [1.807, 2.05) is 30.3 Å². The van der Waals surface area contributed by atoms with E-state index in [4.69, 9.17) is 9.72 Å². The number of carbonyl (C=O) groups excluding carboxylic acids is 1. The molecule has 0 unspecified atom stereocenters. The summed E-state index contributed by atoms with van der Waals surface area (Å²) in [5.74, 6) is -0.724. The Morgan fingerprint density at radius 2 is 1.82 bits per heavy atom. The number of alkyl halides is 2. The number of anilines is 2. The monoisotopic (exact) mass is 561 g/mol. The van der Waals surface area contributed by atoms with Crippen LogP contribution in [0.25, 0.3) is 22.3 Å². The van der Waals surface area contributed by atoms with Gasteiger partial charge in [-0.15, -0.1) is 0 Å². The minimum Gasteiger partial charge on any atom is -0.373 e. The Hall–Kier alpha value is -3.49. The van der Waals surface area contributed by atoms with Crippen LogP contribution in [0.4, 0.5) is 20.3 Å². The van der Waals surface area contributed by atoms with Crippen LogP contribution in [0.5, 0.6) is 0 Å². The van der Waals surface area contributed by atoms with E-state index in [9.17, 15) is 22.0 Å². The molecular formula is C25H29F2N7O4S. The van der Waals surface area contributed by atoms with E-state index >= 15 is 0 Å². The summed E-state index contributed by atoms with van der Waals surface area (Å²) in [5.41, 5.74) is 3.69. The van der Waals surface area contributed by atoms with Crippen LogP contribution in [0.15, 0.2) is 42.7 Å². The van der Waals surface area contributed by atoms with Crippen LogP contribution in [0, 0.1) is 0 Å². The first-order chi connectivity index (χ1) is 18.7. The summed E-state index contributed by atoms with van der Waals surface area (Å²) in [6.45, 7) is 2.70. The van der Waals surface area contributed by atoms with Crippen molar-refractivity contribution in [1.29, 1.82) is 0 Å². The number of nitrogens with one attached hydrogen (secondary N) is 1. The van der Waals surface area contributed by atoms with E-state index < -0.39 is 28.5 Å². The van der Waals surface area contributed by atoms with Gasteiger partial charge in [-0.25, -0.2) is 18.4 Å². The number of fused-ring (bicyclic) bond motifs is 1. The third kappa shape index (κ3) is 6.23. The zero-order chi connectivity index (χ0) is 27.6. The van der Waals surface area contributed by atoms with Gasteiger partial charge in [0.25, 0.3) is 5.91 Å². The number of nitrogens with zero attached hydrogens (tertiary/aromatic N) is 6. The average Bonchev–Trinajstić information content (AvgIpc) is 2.95. The van der Waals surface area contributed by atoms with Gasteiger partial charge in [-0.05, 0) is 18.2 Å². The van der Waals surface area contributed by atoms with Gasteiger partial charge < -0.3 is 19.9 Å². The van der Waals surface area contributed by atoms with Gasteiger partial charge in [0.05, 0.1) is 30.2 Å². The second kappa shape index (κ2) is 11.3. The number of piperazine rings is 1. The standard InChI is InChI=1S/C25H29F2N7O4S/c1-39(36,37)34-10-8-32(9-11-34)18-4-2-17(3-5-18)20-14-21-22(29-7-6-28-21)24(31-20)30-15-19-16-33(12-13-38-19)25(35)23(26)27/h2-7,14,19,23H,8-13,15-16H2,1H3,(H,30,31)/t19-/m1/s1. The molecule has 11 nitrogen and oxygen atoms in total. The van der Waals surface area contributed by atoms with Crippen LogP contribution < -0.4 is 10.2 Å². The highest BCUT2D eigenvalue weighted by atomic mass is 32.2. The van der Waals surface area contributed by atoms with Crippen LogP contribution in [0.1, 0.15) is 0 Å². The van der Waals surface area contributed by atoms with E-state index in [1.54, 1.807) is 12.4 Å². The zero-order valence-corrected chi connectivity index (χ0v) is 22.1. The topological polar surface area (TPSA) is 121 Å². The lowest BCUT2D eigenvalue weighted by atomic mass is 10.1. The molecule has 1 aromatic carbocycles. The van der Waals surface area contributed by atoms with Crippen molar-refractivity contribution in [3.63, 3.8) is 0 Å². The van der Waals surface area contributed by atoms with Crippen LogP contribution in [-0.2, 0) is 19.6 Å². The molecule has 4 heterocycles. The summed E-state index contributed by atoms with van der Waals surface area (Å²) < 4.78 is 56.5. The van der Waals surface area contributed by atoms with Crippen LogP contribution in [0.2, 0.25) is 0 Å². The Morgan fingerprint density at radius 1 is 1.10 bits per heavy atom. The maximum atomic E-state index is 12.9. The van der Waals surface area contributed by atoms with E-state index in [0.29, 0.717) is 48.7 Å². The molecule has 3 aromatic rings. The highest BCUT2D eigenvalue weighted by Crippen LogP contribution is 2.28. The SMILES string of the molecule is CS(=O)(=O)N1CCN(c2ccc(-c3cc4nccnc4c(NC[C@@H]4CN(C(=O)C(F)F)CCO4)n3)cc2)CC1. The number of carbonyl (C=O) groups is 1. The van der Waals surface area contributed by atoms with Gasteiger partial charge in [0, 0.05) is 69.5 Å². The Bertz CT molecular complexity index is 1430. The second-order valence-corrected chi connectivity index (χ2v) is 11.4. The lowest BCUT2D eigenvalue weighted by molar-refractivity contribution is -0.149. The second-order valence-electron chi connectivity index (χ2n) is 9.43. The summed E-state index contributed by atoms with van der Waals surface area (Å²) in [6, 6.07) is 9.69. The van der Waals surface area contributed by atoms with Crippen molar-refractivity contribution in [2.45, 2.75) is 12.5 Å². The number of hydrogen-bond donors (Lipinski definition) is 1. The van der Waals surface area contributed by atoms with Crippen LogP contribution in [-0.4, -0.2) is 110 Å². The van der Waals surface area contributed by atoms with Gasteiger partial charge in [-0.1, -0.05) is 12.1 Å². The summed E-state index contributed by atoms with van der Waals surface area (Å²) in [5, 5.41) is 3.21. The molecule has 1 atom stereocenters. The quantitative estimate of drug-likeness (QED) is 0.459. The predicted molar refractivity (Wildman–Crippen MR) is 142 cm³/mol. The molecular weight excluding hydrogens is 532 g/mol. The number of hydrogen-bond acceptors (Lipinski definition) is 9. The summed E-state index contributed by atoms with van der Waals surface area (Å²) >= 11 is 0. The fourth-order valence-electron chi connectivity index (χ4n) is 4.76. The van der Waals surface area contributed by atoms with Crippen molar-refractivity contribution in [2.24, 2.45) is 0 Å². The van der Waals surface area contributed by atoms with Crippen molar-refractivity contribution in [3.8, 4) is 11.3 Å². The molecule has 2 fully saturated rings. The minimum absolute atomic E-state index is 0.0549. The zero-order valence-electron chi connectivity index (χ0n) is 21.3. The fourth-order valence-corrected chi connectivity index (χ4v) is 5.58. The van der Waals surface area contributed by atoms with Crippen molar-refractivity contribution >= 4 is 38.5 Å². The lowest BCUT2D eigenvalue weighted by Crippen LogP contribution is -2.49. The maximum Gasteiger partial charge on any atom is 0.315 e. The first-order valence-electron chi connectivity index (χ1n) is 12.5. The Kier molecular flexibility index (Phi) is 7.86. The summed E-state index contributed by atoms with van der Waals surface area (Å²) in [6.07, 6.45) is 0.853. The Morgan fingerprint density at radius 3 is 2.51 bits per heavy atom. The maximum absolute atomic E-state index is 12.9. The number of morpholine rings is 1.